The zero-order valence-corrected chi connectivity index (χ0v) is 7.81. The fourth-order valence-corrected chi connectivity index (χ4v) is 2.17. The third-order valence-electron chi connectivity index (χ3n) is 2.34. The molecule has 2 heteroatoms. The number of halogens is 1. The van der Waals surface area contributed by atoms with E-state index in [0.29, 0.717) is 11.4 Å². The summed E-state index contributed by atoms with van der Waals surface area (Å²) in [5, 5.41) is 8.84. The number of alkyl halides is 1. The lowest BCUT2D eigenvalue weighted by atomic mass is 9.87. The Balaban J connectivity index is 2.24. The molecule has 0 radical (unpaired) electrons. The second kappa shape index (κ2) is 4.35. The SMILES string of the molecule is OC[C@@H](Br)C1CCCCC1. The second-order valence-electron chi connectivity index (χ2n) is 3.10. The van der Waals surface area contributed by atoms with E-state index >= 15 is 0 Å². The summed E-state index contributed by atoms with van der Waals surface area (Å²) in [5.74, 6) is 0.735. The molecule has 1 rings (SSSR count). The Kier molecular flexibility index (Phi) is 3.71. The van der Waals surface area contributed by atoms with Crippen molar-refractivity contribution in [3.05, 3.63) is 0 Å². The number of hydrogen-bond donors (Lipinski definition) is 1. The fraction of sp³-hybridized carbons (Fsp3) is 1.00. The molecule has 0 heterocycles. The van der Waals surface area contributed by atoms with Gasteiger partial charge in [-0.1, -0.05) is 35.2 Å². The van der Waals surface area contributed by atoms with Crippen LogP contribution in [-0.2, 0) is 0 Å². The average molecular weight is 207 g/mol. The molecule has 0 amide bonds. The van der Waals surface area contributed by atoms with Crippen LogP contribution in [0.15, 0.2) is 0 Å². The van der Waals surface area contributed by atoms with Crippen molar-refractivity contribution in [2.24, 2.45) is 5.92 Å². The minimum absolute atomic E-state index is 0.296. The van der Waals surface area contributed by atoms with Gasteiger partial charge in [-0.3, -0.25) is 0 Å². The van der Waals surface area contributed by atoms with Gasteiger partial charge in [0.1, 0.15) is 0 Å². The van der Waals surface area contributed by atoms with Gasteiger partial charge in [0.2, 0.25) is 0 Å². The molecule has 60 valence electrons. The second-order valence-corrected chi connectivity index (χ2v) is 4.27. The Morgan fingerprint density at radius 2 is 1.90 bits per heavy atom. The van der Waals surface area contributed by atoms with Crippen LogP contribution in [0, 0.1) is 5.92 Å². The molecule has 1 aliphatic carbocycles. The Labute approximate surface area is 70.9 Å². The Hall–Kier alpha value is 0.440. The van der Waals surface area contributed by atoms with E-state index in [1.165, 1.54) is 32.1 Å². The van der Waals surface area contributed by atoms with E-state index in [9.17, 15) is 0 Å². The topological polar surface area (TPSA) is 20.2 Å². The summed E-state index contributed by atoms with van der Waals surface area (Å²) < 4.78 is 0. The normalized spacial score (nSPS) is 24.6. The van der Waals surface area contributed by atoms with Crippen molar-refractivity contribution in [1.29, 1.82) is 0 Å². The monoisotopic (exact) mass is 206 g/mol. The first-order chi connectivity index (χ1) is 4.84. The molecule has 1 N–H and O–H groups in total. The molecule has 10 heavy (non-hydrogen) atoms. The number of aliphatic hydroxyl groups excluding tert-OH is 1. The molecule has 1 saturated carbocycles. The van der Waals surface area contributed by atoms with Gasteiger partial charge >= 0.3 is 0 Å². The van der Waals surface area contributed by atoms with Gasteiger partial charge in [0.05, 0.1) is 6.61 Å². The maximum Gasteiger partial charge on any atom is 0.0559 e. The molecule has 0 unspecified atom stereocenters. The smallest absolute Gasteiger partial charge is 0.0559 e. The number of aliphatic hydroxyl groups is 1. The first-order valence-electron chi connectivity index (χ1n) is 4.09. The molecule has 0 aromatic rings. The van der Waals surface area contributed by atoms with Crippen LogP contribution < -0.4 is 0 Å². The Morgan fingerprint density at radius 3 is 2.40 bits per heavy atom. The van der Waals surface area contributed by atoms with E-state index in [1.54, 1.807) is 0 Å². The predicted octanol–water partition coefficient (Wildman–Crippen LogP) is 2.32. The van der Waals surface area contributed by atoms with Crippen LogP contribution in [0.5, 0.6) is 0 Å². The van der Waals surface area contributed by atoms with E-state index in [-0.39, 0.29) is 0 Å². The molecular weight excluding hydrogens is 192 g/mol. The van der Waals surface area contributed by atoms with Crippen LogP contribution >= 0.6 is 15.9 Å². The van der Waals surface area contributed by atoms with Crippen molar-refractivity contribution in [3.8, 4) is 0 Å². The molecule has 0 spiro atoms. The van der Waals surface area contributed by atoms with E-state index < -0.39 is 0 Å². The van der Waals surface area contributed by atoms with Crippen molar-refractivity contribution in [1.82, 2.24) is 0 Å². The van der Waals surface area contributed by atoms with Gasteiger partial charge < -0.3 is 5.11 Å². The molecule has 0 aliphatic heterocycles. The molecule has 1 nitrogen and oxygen atoms in total. The summed E-state index contributed by atoms with van der Waals surface area (Å²) >= 11 is 3.49. The van der Waals surface area contributed by atoms with Gasteiger partial charge in [0.25, 0.3) is 0 Å². The lowest BCUT2D eigenvalue weighted by Crippen LogP contribution is -2.20. The van der Waals surface area contributed by atoms with Crippen molar-refractivity contribution in [2.45, 2.75) is 36.9 Å². The van der Waals surface area contributed by atoms with Gasteiger partial charge in [0.15, 0.2) is 0 Å². The molecule has 0 aromatic carbocycles. The van der Waals surface area contributed by atoms with Gasteiger partial charge in [-0.2, -0.15) is 0 Å². The first-order valence-corrected chi connectivity index (χ1v) is 5.01. The summed E-state index contributed by atoms with van der Waals surface area (Å²) in [6, 6.07) is 0. The quantitative estimate of drug-likeness (QED) is 0.689. The maximum absolute atomic E-state index is 8.84. The molecule has 0 saturated heterocycles. The van der Waals surface area contributed by atoms with Crippen molar-refractivity contribution >= 4 is 15.9 Å². The first kappa shape index (κ1) is 8.54. The van der Waals surface area contributed by atoms with E-state index in [0.717, 1.165) is 5.92 Å². The summed E-state index contributed by atoms with van der Waals surface area (Å²) in [5.41, 5.74) is 0. The van der Waals surface area contributed by atoms with Gasteiger partial charge in [-0.05, 0) is 18.8 Å². The average Bonchev–Trinajstić information content (AvgIpc) is 2.05. The van der Waals surface area contributed by atoms with Crippen LogP contribution in [0.3, 0.4) is 0 Å². The summed E-state index contributed by atoms with van der Waals surface area (Å²) in [4.78, 5) is 0.354. The number of hydrogen-bond acceptors (Lipinski definition) is 1. The van der Waals surface area contributed by atoms with E-state index in [2.05, 4.69) is 15.9 Å². The summed E-state index contributed by atoms with van der Waals surface area (Å²) in [6.07, 6.45) is 6.70. The molecule has 1 fully saturated rings. The van der Waals surface area contributed by atoms with Crippen LogP contribution in [-0.4, -0.2) is 16.5 Å². The minimum atomic E-state index is 0.296. The van der Waals surface area contributed by atoms with Crippen LogP contribution in [0.1, 0.15) is 32.1 Å². The molecular formula is C8H15BrO. The van der Waals surface area contributed by atoms with Crippen molar-refractivity contribution in [2.75, 3.05) is 6.61 Å². The molecule has 0 aromatic heterocycles. The predicted molar refractivity (Wildman–Crippen MR) is 46.4 cm³/mol. The molecule has 1 atom stereocenters. The van der Waals surface area contributed by atoms with Gasteiger partial charge in [0, 0.05) is 4.83 Å². The van der Waals surface area contributed by atoms with Gasteiger partial charge in [-0.15, -0.1) is 0 Å². The van der Waals surface area contributed by atoms with E-state index in [1.807, 2.05) is 0 Å². The summed E-state index contributed by atoms with van der Waals surface area (Å²) in [7, 11) is 0. The molecule has 1 aliphatic rings. The van der Waals surface area contributed by atoms with Crippen LogP contribution in [0.25, 0.3) is 0 Å². The highest BCUT2D eigenvalue weighted by Gasteiger charge is 2.19. The largest absolute Gasteiger partial charge is 0.395 e. The maximum atomic E-state index is 8.84. The fourth-order valence-electron chi connectivity index (χ4n) is 1.64. The highest BCUT2D eigenvalue weighted by atomic mass is 79.9. The van der Waals surface area contributed by atoms with Crippen LogP contribution in [0.2, 0.25) is 0 Å². The zero-order valence-electron chi connectivity index (χ0n) is 6.22. The Morgan fingerprint density at radius 1 is 1.30 bits per heavy atom. The van der Waals surface area contributed by atoms with Crippen LogP contribution in [0.4, 0.5) is 0 Å². The highest BCUT2D eigenvalue weighted by molar-refractivity contribution is 9.09. The summed E-state index contributed by atoms with van der Waals surface area (Å²) in [6.45, 7) is 0.296. The number of rotatable bonds is 2. The van der Waals surface area contributed by atoms with Gasteiger partial charge in [-0.25, -0.2) is 0 Å². The third-order valence-corrected chi connectivity index (χ3v) is 3.37. The standard InChI is InChI=1S/C8H15BrO/c9-8(6-10)7-4-2-1-3-5-7/h7-8,10H,1-6H2/t8-/m1/s1. The Bertz CT molecular complexity index is 89.3. The van der Waals surface area contributed by atoms with E-state index in [4.69, 9.17) is 5.11 Å². The van der Waals surface area contributed by atoms with Crippen molar-refractivity contribution < 1.29 is 5.11 Å². The third kappa shape index (κ3) is 2.24. The zero-order chi connectivity index (χ0) is 7.40. The lowest BCUT2D eigenvalue weighted by molar-refractivity contribution is 0.241. The lowest BCUT2D eigenvalue weighted by Gasteiger charge is -2.24. The minimum Gasteiger partial charge on any atom is -0.395 e. The molecule has 0 bridgehead atoms. The van der Waals surface area contributed by atoms with Crippen molar-refractivity contribution in [3.63, 3.8) is 0 Å². The highest BCUT2D eigenvalue weighted by Crippen LogP contribution is 2.29.